The molecule has 32 heavy (non-hydrogen) atoms. The monoisotopic (exact) mass is 433 g/mol. The molecule has 2 aromatic heterocycles. The molecule has 2 atom stereocenters. The van der Waals surface area contributed by atoms with Crippen LogP contribution in [0, 0.1) is 5.82 Å². The maximum Gasteiger partial charge on any atom is 0.253 e. The van der Waals surface area contributed by atoms with Gasteiger partial charge in [0.1, 0.15) is 12.1 Å². The van der Waals surface area contributed by atoms with Crippen molar-refractivity contribution in [2.24, 2.45) is 0 Å². The van der Waals surface area contributed by atoms with Gasteiger partial charge in [-0.3, -0.25) is 9.89 Å². The third-order valence-electron chi connectivity index (χ3n) is 6.14. The maximum atomic E-state index is 14.8. The van der Waals surface area contributed by atoms with Crippen molar-refractivity contribution in [1.29, 1.82) is 0 Å². The molecule has 0 spiro atoms. The summed E-state index contributed by atoms with van der Waals surface area (Å²) in [5.41, 5.74) is 2.86. The number of amides is 1. The van der Waals surface area contributed by atoms with E-state index in [1.165, 1.54) is 12.4 Å². The van der Waals surface area contributed by atoms with Crippen LogP contribution < -0.4 is 5.32 Å². The topological polar surface area (TPSA) is 95.8 Å². The summed E-state index contributed by atoms with van der Waals surface area (Å²) in [7, 11) is 0. The highest BCUT2D eigenvalue weighted by Crippen LogP contribution is 2.27. The first-order valence-corrected chi connectivity index (χ1v) is 10.8. The summed E-state index contributed by atoms with van der Waals surface area (Å²) in [4.78, 5) is 17.2. The predicted octanol–water partition coefficient (Wildman–Crippen LogP) is 3.65. The minimum Gasteiger partial charge on any atom is -0.391 e. The number of aliphatic hydroxyl groups is 1. The van der Waals surface area contributed by atoms with Crippen LogP contribution in [0.4, 0.5) is 4.39 Å². The fourth-order valence-corrected chi connectivity index (χ4v) is 4.45. The van der Waals surface area contributed by atoms with E-state index >= 15 is 0 Å². The Balaban J connectivity index is 1.44. The molecule has 1 saturated carbocycles. The van der Waals surface area contributed by atoms with E-state index in [9.17, 15) is 14.3 Å². The van der Waals surface area contributed by atoms with Gasteiger partial charge in [0.2, 0.25) is 0 Å². The van der Waals surface area contributed by atoms with E-state index in [1.54, 1.807) is 12.3 Å². The van der Waals surface area contributed by atoms with E-state index in [1.807, 2.05) is 34.9 Å². The highest BCUT2D eigenvalue weighted by atomic mass is 19.1. The number of aromatic amines is 1. The average molecular weight is 433 g/mol. The summed E-state index contributed by atoms with van der Waals surface area (Å²) >= 11 is 0. The largest absolute Gasteiger partial charge is 0.391 e. The molecule has 1 amide bonds. The summed E-state index contributed by atoms with van der Waals surface area (Å²) in [6.07, 6.45) is 5.91. The molecule has 1 fully saturated rings. The molecule has 2 heterocycles. The molecule has 0 aliphatic heterocycles. The number of H-pyrrole nitrogens is 1. The van der Waals surface area contributed by atoms with Gasteiger partial charge in [-0.1, -0.05) is 43.2 Å². The quantitative estimate of drug-likeness (QED) is 0.448. The number of carbonyl (C=O) groups excluding carboxylic acids is 1. The molecule has 0 bridgehead atoms. The zero-order chi connectivity index (χ0) is 22.1. The molecule has 164 valence electrons. The SMILES string of the molecule is O=C(N[C@H]1CCCC[C@@H]1O)c1cn(Cc2ccc(-c3ncn[nH]3)cc2)c2cccc(F)c12. The normalized spacial score (nSPS) is 18.7. The summed E-state index contributed by atoms with van der Waals surface area (Å²) < 4.78 is 16.6. The van der Waals surface area contributed by atoms with Crippen LogP contribution in [-0.4, -0.2) is 42.9 Å². The van der Waals surface area contributed by atoms with Crippen LogP contribution in [0.25, 0.3) is 22.3 Å². The first kappa shape index (κ1) is 20.4. The summed E-state index contributed by atoms with van der Waals surface area (Å²) in [6, 6.07) is 12.4. The molecule has 0 unspecified atom stereocenters. The Labute approximate surface area is 184 Å². The number of fused-ring (bicyclic) bond motifs is 1. The summed E-state index contributed by atoms with van der Waals surface area (Å²) in [5.74, 6) is -0.101. The number of aliphatic hydroxyl groups excluding tert-OH is 1. The smallest absolute Gasteiger partial charge is 0.253 e. The molecule has 5 rings (SSSR count). The van der Waals surface area contributed by atoms with Crippen molar-refractivity contribution in [2.75, 3.05) is 0 Å². The van der Waals surface area contributed by atoms with Crippen LogP contribution in [0.15, 0.2) is 55.0 Å². The minimum atomic E-state index is -0.561. The Morgan fingerprint density at radius 1 is 1.19 bits per heavy atom. The maximum absolute atomic E-state index is 14.8. The average Bonchev–Trinajstić information content (AvgIpc) is 3.46. The third-order valence-corrected chi connectivity index (χ3v) is 6.14. The first-order chi connectivity index (χ1) is 15.6. The highest BCUT2D eigenvalue weighted by Gasteiger charge is 2.27. The van der Waals surface area contributed by atoms with Crippen LogP contribution in [0.5, 0.6) is 0 Å². The van der Waals surface area contributed by atoms with Crippen molar-refractivity contribution < 1.29 is 14.3 Å². The van der Waals surface area contributed by atoms with Gasteiger partial charge in [0.25, 0.3) is 5.91 Å². The molecule has 4 aromatic rings. The van der Waals surface area contributed by atoms with Crippen LogP contribution in [0.3, 0.4) is 0 Å². The molecular weight excluding hydrogens is 409 g/mol. The predicted molar refractivity (Wildman–Crippen MR) is 119 cm³/mol. The lowest BCUT2D eigenvalue weighted by Gasteiger charge is -2.28. The van der Waals surface area contributed by atoms with E-state index in [4.69, 9.17) is 0 Å². The first-order valence-electron chi connectivity index (χ1n) is 10.8. The van der Waals surface area contributed by atoms with Crippen LogP contribution in [0.1, 0.15) is 41.6 Å². The van der Waals surface area contributed by atoms with Crippen molar-refractivity contribution >= 4 is 16.8 Å². The lowest BCUT2D eigenvalue weighted by Crippen LogP contribution is -2.45. The zero-order valence-electron chi connectivity index (χ0n) is 17.5. The third kappa shape index (κ3) is 3.89. The number of halogens is 1. The van der Waals surface area contributed by atoms with Crippen molar-refractivity contribution in [3.63, 3.8) is 0 Å². The van der Waals surface area contributed by atoms with E-state index in [2.05, 4.69) is 20.5 Å². The Hall–Kier alpha value is -3.52. The molecule has 0 radical (unpaired) electrons. The number of hydrogen-bond donors (Lipinski definition) is 3. The zero-order valence-corrected chi connectivity index (χ0v) is 17.5. The number of carbonyl (C=O) groups is 1. The fourth-order valence-electron chi connectivity index (χ4n) is 4.45. The van der Waals surface area contributed by atoms with Crippen LogP contribution in [0.2, 0.25) is 0 Å². The van der Waals surface area contributed by atoms with Gasteiger partial charge in [-0.25, -0.2) is 9.37 Å². The Bertz CT molecular complexity index is 1230. The van der Waals surface area contributed by atoms with Gasteiger partial charge >= 0.3 is 0 Å². The van der Waals surface area contributed by atoms with E-state index in [0.717, 1.165) is 30.4 Å². The highest BCUT2D eigenvalue weighted by molar-refractivity contribution is 6.07. The van der Waals surface area contributed by atoms with Gasteiger partial charge < -0.3 is 15.0 Å². The number of rotatable bonds is 5. The second-order valence-corrected chi connectivity index (χ2v) is 8.27. The fraction of sp³-hybridized carbons (Fsp3) is 0.292. The Morgan fingerprint density at radius 2 is 2.00 bits per heavy atom. The molecule has 3 N–H and O–H groups in total. The van der Waals surface area contributed by atoms with Crippen molar-refractivity contribution in [1.82, 2.24) is 25.1 Å². The lowest BCUT2D eigenvalue weighted by molar-refractivity contribution is 0.0718. The summed E-state index contributed by atoms with van der Waals surface area (Å²) in [6.45, 7) is 0.482. The van der Waals surface area contributed by atoms with E-state index in [-0.39, 0.29) is 17.5 Å². The second-order valence-electron chi connectivity index (χ2n) is 8.27. The lowest BCUT2D eigenvalue weighted by atomic mass is 9.92. The number of aromatic nitrogens is 4. The van der Waals surface area contributed by atoms with Gasteiger partial charge in [-0.05, 0) is 30.5 Å². The Kier molecular flexibility index (Phi) is 5.45. The van der Waals surface area contributed by atoms with Crippen LogP contribution >= 0.6 is 0 Å². The second kappa shape index (κ2) is 8.55. The number of benzene rings is 2. The van der Waals surface area contributed by atoms with Crippen LogP contribution in [-0.2, 0) is 6.54 Å². The van der Waals surface area contributed by atoms with Gasteiger partial charge in [0.05, 0.1) is 23.2 Å². The summed E-state index contributed by atoms with van der Waals surface area (Å²) in [5, 5.41) is 20.1. The molecule has 1 aliphatic rings. The molecule has 8 heteroatoms. The van der Waals surface area contributed by atoms with Gasteiger partial charge in [-0.15, -0.1) is 0 Å². The molecule has 7 nitrogen and oxygen atoms in total. The van der Waals surface area contributed by atoms with Crippen molar-refractivity contribution in [3.05, 3.63) is 71.9 Å². The standard InChI is InChI=1S/C24H24FN5O2/c25-18-4-3-6-20-22(18)17(24(32)28-19-5-1-2-7-21(19)31)13-30(20)12-15-8-10-16(11-9-15)23-26-14-27-29-23/h3-4,6,8-11,13-14,19,21,31H,1-2,5,7,12H2,(H,28,32)(H,26,27,29)/t19-,21-/m0/s1. The van der Waals surface area contributed by atoms with E-state index < -0.39 is 11.9 Å². The number of nitrogens with zero attached hydrogens (tertiary/aromatic N) is 3. The van der Waals surface area contributed by atoms with Gasteiger partial charge in [0, 0.05) is 23.7 Å². The minimum absolute atomic E-state index is 0.286. The van der Waals surface area contributed by atoms with E-state index in [0.29, 0.717) is 29.7 Å². The molecule has 1 aliphatic carbocycles. The van der Waals surface area contributed by atoms with Crippen molar-refractivity contribution in [3.8, 4) is 11.4 Å². The van der Waals surface area contributed by atoms with Gasteiger partial charge in [0.15, 0.2) is 5.82 Å². The molecular formula is C24H24FN5O2. The number of nitrogens with one attached hydrogen (secondary N) is 2. The van der Waals surface area contributed by atoms with Gasteiger partial charge in [-0.2, -0.15) is 5.10 Å². The molecule has 0 saturated heterocycles. The Morgan fingerprint density at radius 3 is 2.75 bits per heavy atom. The number of hydrogen-bond acceptors (Lipinski definition) is 4. The van der Waals surface area contributed by atoms with Crippen molar-refractivity contribution in [2.45, 2.75) is 44.4 Å². The molecule has 2 aromatic carbocycles.